The average Bonchev–Trinajstić information content (AvgIpc) is 3.09. The van der Waals surface area contributed by atoms with Crippen molar-refractivity contribution in [2.24, 2.45) is 0 Å². The average molecular weight is 467 g/mol. The van der Waals surface area contributed by atoms with Gasteiger partial charge in [0.05, 0.1) is 22.0 Å². The van der Waals surface area contributed by atoms with Crippen molar-refractivity contribution in [3.8, 4) is 5.69 Å². The molecule has 2 heterocycles. The minimum absolute atomic E-state index is 0.0931. The Hall–Kier alpha value is -3.79. The monoisotopic (exact) mass is 466 g/mol. The number of pyridine rings is 1. The molecule has 0 fully saturated rings. The fourth-order valence-electron chi connectivity index (χ4n) is 3.64. The van der Waals surface area contributed by atoms with Gasteiger partial charge in [-0.1, -0.05) is 32.9 Å². The summed E-state index contributed by atoms with van der Waals surface area (Å²) in [4.78, 5) is 0.134. The minimum atomic E-state index is -3.89. The molecule has 10 heteroatoms. The van der Waals surface area contributed by atoms with Crippen LogP contribution in [0.3, 0.4) is 0 Å². The SMILES string of the molecule is Cc1cc(NS(=O)(=O)c2ccc(C(C)(C)C)cc2)n(-c2ccc(N)c3c2ccc(=N)n3O)n1. The number of nitrogens with zero attached hydrogens (tertiary/aromatic N) is 3. The van der Waals surface area contributed by atoms with E-state index in [0.717, 1.165) is 5.56 Å². The smallest absolute Gasteiger partial charge is 0.263 e. The molecule has 9 nitrogen and oxygen atoms in total. The van der Waals surface area contributed by atoms with Gasteiger partial charge in [-0.15, -0.1) is 0 Å². The summed E-state index contributed by atoms with van der Waals surface area (Å²) in [6.45, 7) is 7.94. The molecule has 4 aromatic rings. The van der Waals surface area contributed by atoms with E-state index in [-0.39, 0.29) is 32.8 Å². The molecule has 0 bridgehead atoms. The lowest BCUT2D eigenvalue weighted by Crippen LogP contribution is -2.19. The summed E-state index contributed by atoms with van der Waals surface area (Å²) < 4.78 is 31.0. The van der Waals surface area contributed by atoms with Crippen LogP contribution in [0.1, 0.15) is 32.0 Å². The van der Waals surface area contributed by atoms with Gasteiger partial charge in [0.1, 0.15) is 11.3 Å². The highest BCUT2D eigenvalue weighted by molar-refractivity contribution is 7.92. The largest absolute Gasteiger partial charge is 0.426 e. The number of hydrogen-bond acceptors (Lipinski definition) is 6. The zero-order chi connectivity index (χ0) is 24.1. The highest BCUT2D eigenvalue weighted by atomic mass is 32.2. The third kappa shape index (κ3) is 4.05. The second kappa shape index (κ2) is 7.66. The van der Waals surface area contributed by atoms with Gasteiger partial charge in [0.2, 0.25) is 0 Å². The summed E-state index contributed by atoms with van der Waals surface area (Å²) >= 11 is 0. The van der Waals surface area contributed by atoms with Crippen LogP contribution in [0.5, 0.6) is 0 Å². The second-order valence-corrected chi connectivity index (χ2v) is 10.6. The Bertz CT molecular complexity index is 1530. The lowest BCUT2D eigenvalue weighted by Gasteiger charge is -2.19. The van der Waals surface area contributed by atoms with Crippen molar-refractivity contribution in [2.45, 2.75) is 38.0 Å². The van der Waals surface area contributed by atoms with Crippen molar-refractivity contribution < 1.29 is 13.6 Å². The quantitative estimate of drug-likeness (QED) is 0.269. The van der Waals surface area contributed by atoms with Crippen LogP contribution in [0.25, 0.3) is 16.6 Å². The molecule has 2 aromatic heterocycles. The van der Waals surface area contributed by atoms with Gasteiger partial charge < -0.3 is 10.9 Å². The molecule has 0 atom stereocenters. The Morgan fingerprint density at radius 1 is 1.06 bits per heavy atom. The summed E-state index contributed by atoms with van der Waals surface area (Å²) in [6.07, 6.45) is 0. The molecule has 0 unspecified atom stereocenters. The molecule has 0 spiro atoms. The predicted octanol–water partition coefficient (Wildman–Crippen LogP) is 3.53. The molecule has 0 aliphatic heterocycles. The van der Waals surface area contributed by atoms with Gasteiger partial charge in [0.25, 0.3) is 10.0 Å². The normalized spacial score (nSPS) is 12.2. The number of nitrogen functional groups attached to an aromatic ring is 1. The molecule has 4 rings (SSSR count). The number of aryl methyl sites for hydroxylation is 1. The number of aromatic nitrogens is 3. The first kappa shape index (κ1) is 22.4. The molecular weight excluding hydrogens is 440 g/mol. The van der Waals surface area contributed by atoms with Crippen molar-refractivity contribution in [1.82, 2.24) is 14.5 Å². The van der Waals surface area contributed by atoms with Gasteiger partial charge in [-0.2, -0.15) is 9.83 Å². The summed E-state index contributed by atoms with van der Waals surface area (Å²) in [5.41, 5.74) is 8.43. The molecule has 0 radical (unpaired) electrons. The van der Waals surface area contributed by atoms with E-state index in [4.69, 9.17) is 11.1 Å². The highest BCUT2D eigenvalue weighted by Gasteiger charge is 2.21. The van der Waals surface area contributed by atoms with Crippen molar-refractivity contribution in [2.75, 3.05) is 10.5 Å². The van der Waals surface area contributed by atoms with E-state index >= 15 is 0 Å². The second-order valence-electron chi connectivity index (χ2n) is 8.93. The highest BCUT2D eigenvalue weighted by Crippen LogP contribution is 2.29. The number of rotatable bonds is 4. The van der Waals surface area contributed by atoms with Crippen molar-refractivity contribution >= 4 is 32.4 Å². The van der Waals surface area contributed by atoms with E-state index in [1.54, 1.807) is 43.3 Å². The molecular formula is C23H26N6O3S. The summed E-state index contributed by atoms with van der Waals surface area (Å²) in [5.74, 6) is 0.234. The summed E-state index contributed by atoms with van der Waals surface area (Å²) in [6, 6.07) is 14.7. The van der Waals surface area contributed by atoms with Crippen LogP contribution in [0.15, 0.2) is 59.5 Å². The van der Waals surface area contributed by atoms with Gasteiger partial charge >= 0.3 is 0 Å². The Kier molecular flexibility index (Phi) is 5.20. The van der Waals surface area contributed by atoms with Gasteiger partial charge in [-0.3, -0.25) is 10.1 Å². The third-order valence-electron chi connectivity index (χ3n) is 5.40. The lowest BCUT2D eigenvalue weighted by atomic mass is 9.87. The first-order chi connectivity index (χ1) is 15.4. The van der Waals surface area contributed by atoms with Crippen LogP contribution < -0.4 is 15.9 Å². The van der Waals surface area contributed by atoms with E-state index in [9.17, 15) is 13.6 Å². The van der Waals surface area contributed by atoms with Gasteiger partial charge in [0, 0.05) is 11.5 Å². The maximum Gasteiger partial charge on any atom is 0.263 e. The van der Waals surface area contributed by atoms with E-state index in [2.05, 4.69) is 30.6 Å². The Labute approximate surface area is 191 Å². The fraction of sp³-hybridized carbons (Fsp3) is 0.217. The number of fused-ring (bicyclic) bond motifs is 1. The number of sulfonamides is 1. The molecule has 0 aliphatic carbocycles. The van der Waals surface area contributed by atoms with Crippen LogP contribution in [0.4, 0.5) is 11.5 Å². The molecule has 5 N–H and O–H groups in total. The summed E-state index contributed by atoms with van der Waals surface area (Å²) in [7, 11) is -3.89. The topological polar surface area (TPSA) is 139 Å². The maximum absolute atomic E-state index is 13.1. The molecule has 33 heavy (non-hydrogen) atoms. The zero-order valence-electron chi connectivity index (χ0n) is 18.8. The van der Waals surface area contributed by atoms with Crippen LogP contribution in [-0.2, 0) is 15.4 Å². The van der Waals surface area contributed by atoms with Crippen molar-refractivity contribution in [3.05, 3.63) is 71.3 Å². The van der Waals surface area contributed by atoms with Crippen LogP contribution in [-0.4, -0.2) is 28.1 Å². The van der Waals surface area contributed by atoms with Crippen molar-refractivity contribution in [3.63, 3.8) is 0 Å². The number of anilines is 2. The molecule has 2 aromatic carbocycles. The maximum atomic E-state index is 13.1. The van der Waals surface area contributed by atoms with E-state index in [0.29, 0.717) is 21.5 Å². The third-order valence-corrected chi connectivity index (χ3v) is 6.77. The van der Waals surface area contributed by atoms with Gasteiger partial charge in [0.15, 0.2) is 5.49 Å². The van der Waals surface area contributed by atoms with Crippen LogP contribution >= 0.6 is 0 Å². The van der Waals surface area contributed by atoms with E-state index < -0.39 is 10.0 Å². The Morgan fingerprint density at radius 2 is 1.73 bits per heavy atom. The van der Waals surface area contributed by atoms with E-state index in [1.165, 1.54) is 10.7 Å². The van der Waals surface area contributed by atoms with Gasteiger partial charge in [-0.05, 0) is 54.3 Å². The lowest BCUT2D eigenvalue weighted by molar-refractivity contribution is 0.184. The number of nitrogens with two attached hydrogens (primary N) is 1. The molecule has 172 valence electrons. The summed E-state index contributed by atoms with van der Waals surface area (Å²) in [5, 5.41) is 23.1. The van der Waals surface area contributed by atoms with Crippen molar-refractivity contribution in [1.29, 1.82) is 5.41 Å². The number of benzene rings is 2. The molecule has 0 saturated heterocycles. The molecule has 0 aliphatic rings. The van der Waals surface area contributed by atoms with Gasteiger partial charge in [-0.25, -0.2) is 13.1 Å². The number of hydrogen-bond donors (Lipinski definition) is 4. The zero-order valence-corrected chi connectivity index (χ0v) is 19.6. The van der Waals surface area contributed by atoms with Crippen LogP contribution in [0, 0.1) is 12.3 Å². The van der Waals surface area contributed by atoms with E-state index in [1.807, 2.05) is 12.1 Å². The molecule has 0 saturated carbocycles. The predicted molar refractivity (Wildman–Crippen MR) is 127 cm³/mol. The standard InChI is InChI=1S/C23H26N6O3S/c1-14-13-21(27-33(31,32)16-7-5-15(6-8-16)23(2,3)4)28(26-14)19-11-10-18(24)22-17(19)9-12-20(25)29(22)30/h5-13,25,27,30H,24H2,1-4H3. The fourth-order valence-corrected chi connectivity index (χ4v) is 4.67. The first-order valence-electron chi connectivity index (χ1n) is 10.3. The Balaban J connectivity index is 1.80. The van der Waals surface area contributed by atoms with Crippen LogP contribution in [0.2, 0.25) is 0 Å². The molecule has 0 amide bonds. The first-order valence-corrected chi connectivity index (χ1v) is 11.8. The minimum Gasteiger partial charge on any atom is -0.426 e. The number of nitrogens with one attached hydrogen (secondary N) is 2. The Morgan fingerprint density at radius 3 is 2.36 bits per heavy atom.